The number of rotatable bonds is 2. The summed E-state index contributed by atoms with van der Waals surface area (Å²) in [7, 11) is 0. The summed E-state index contributed by atoms with van der Waals surface area (Å²) in [5.41, 5.74) is 1.42. The summed E-state index contributed by atoms with van der Waals surface area (Å²) in [5, 5.41) is 5.17. The van der Waals surface area contributed by atoms with Crippen LogP contribution in [0.3, 0.4) is 0 Å². The molecule has 0 aliphatic heterocycles. The third-order valence-electron chi connectivity index (χ3n) is 3.14. The Bertz CT molecular complexity index is 765. The standard InChI is InChI=1S/C17H13NOS/c19-17(13-6-9-16(20)10-7-13)18-15-8-5-12-3-1-2-4-14(12)11-15/h1-11,20H,(H,18,19). The molecule has 0 saturated carbocycles. The Morgan fingerprint density at radius 3 is 2.30 bits per heavy atom. The molecule has 3 aromatic carbocycles. The van der Waals surface area contributed by atoms with E-state index in [9.17, 15) is 4.79 Å². The Kier molecular flexibility index (Phi) is 3.44. The van der Waals surface area contributed by atoms with E-state index in [1.807, 2.05) is 42.5 Å². The number of carbonyl (C=O) groups is 1. The van der Waals surface area contributed by atoms with Crippen molar-refractivity contribution in [3.63, 3.8) is 0 Å². The largest absolute Gasteiger partial charge is 0.322 e. The van der Waals surface area contributed by atoms with Gasteiger partial charge in [-0.25, -0.2) is 0 Å². The molecule has 1 N–H and O–H groups in total. The second-order valence-electron chi connectivity index (χ2n) is 4.56. The van der Waals surface area contributed by atoms with Crippen LogP contribution in [-0.2, 0) is 0 Å². The lowest BCUT2D eigenvalue weighted by Gasteiger charge is -2.07. The summed E-state index contributed by atoms with van der Waals surface area (Å²) in [6.07, 6.45) is 0. The van der Waals surface area contributed by atoms with Gasteiger partial charge in [-0.05, 0) is 47.2 Å². The van der Waals surface area contributed by atoms with Gasteiger partial charge in [-0.15, -0.1) is 12.6 Å². The molecule has 3 aromatic rings. The highest BCUT2D eigenvalue weighted by molar-refractivity contribution is 7.80. The Labute approximate surface area is 122 Å². The van der Waals surface area contributed by atoms with Gasteiger partial charge in [0.1, 0.15) is 0 Å². The van der Waals surface area contributed by atoms with Gasteiger partial charge in [-0.3, -0.25) is 4.79 Å². The maximum absolute atomic E-state index is 12.1. The summed E-state index contributed by atoms with van der Waals surface area (Å²) in [6.45, 7) is 0. The van der Waals surface area contributed by atoms with Gasteiger partial charge in [0, 0.05) is 16.1 Å². The predicted molar refractivity (Wildman–Crippen MR) is 85.6 cm³/mol. The van der Waals surface area contributed by atoms with Gasteiger partial charge in [-0.2, -0.15) is 0 Å². The molecule has 0 radical (unpaired) electrons. The number of amides is 1. The van der Waals surface area contributed by atoms with Gasteiger partial charge in [0.05, 0.1) is 0 Å². The van der Waals surface area contributed by atoms with E-state index >= 15 is 0 Å². The van der Waals surface area contributed by atoms with Crippen molar-refractivity contribution in [2.24, 2.45) is 0 Å². The number of anilines is 1. The molecule has 98 valence electrons. The summed E-state index contributed by atoms with van der Waals surface area (Å²) in [5.74, 6) is -0.117. The lowest BCUT2D eigenvalue weighted by atomic mass is 10.1. The Balaban J connectivity index is 1.85. The van der Waals surface area contributed by atoms with Crippen molar-refractivity contribution >= 4 is 35.0 Å². The number of nitrogens with one attached hydrogen (secondary N) is 1. The molecule has 1 amide bonds. The monoisotopic (exact) mass is 279 g/mol. The van der Waals surface area contributed by atoms with E-state index in [1.165, 1.54) is 0 Å². The zero-order chi connectivity index (χ0) is 13.9. The first-order valence-corrected chi connectivity index (χ1v) is 6.76. The highest BCUT2D eigenvalue weighted by Gasteiger charge is 2.05. The summed E-state index contributed by atoms with van der Waals surface area (Å²) < 4.78 is 0. The number of benzene rings is 3. The lowest BCUT2D eigenvalue weighted by Crippen LogP contribution is -2.11. The van der Waals surface area contributed by atoms with Crippen LogP contribution in [0, 0.1) is 0 Å². The van der Waals surface area contributed by atoms with Crippen LogP contribution in [0.4, 0.5) is 5.69 Å². The van der Waals surface area contributed by atoms with Crippen molar-refractivity contribution in [2.45, 2.75) is 4.90 Å². The van der Waals surface area contributed by atoms with Crippen molar-refractivity contribution < 1.29 is 4.79 Å². The minimum atomic E-state index is -0.117. The third kappa shape index (κ3) is 2.68. The minimum Gasteiger partial charge on any atom is -0.322 e. The molecule has 20 heavy (non-hydrogen) atoms. The summed E-state index contributed by atoms with van der Waals surface area (Å²) in [6, 6.07) is 21.1. The summed E-state index contributed by atoms with van der Waals surface area (Å²) >= 11 is 4.21. The molecular formula is C17H13NOS. The molecule has 0 fully saturated rings. The van der Waals surface area contributed by atoms with Gasteiger partial charge >= 0.3 is 0 Å². The molecule has 0 saturated heterocycles. The van der Waals surface area contributed by atoms with Crippen LogP contribution in [0.5, 0.6) is 0 Å². The van der Waals surface area contributed by atoms with Crippen molar-refractivity contribution in [3.8, 4) is 0 Å². The SMILES string of the molecule is O=C(Nc1ccc2ccccc2c1)c1ccc(S)cc1. The van der Waals surface area contributed by atoms with E-state index in [1.54, 1.807) is 24.3 Å². The van der Waals surface area contributed by atoms with Crippen LogP contribution >= 0.6 is 12.6 Å². The van der Waals surface area contributed by atoms with Gasteiger partial charge in [-0.1, -0.05) is 30.3 Å². The van der Waals surface area contributed by atoms with Crippen LogP contribution in [0.2, 0.25) is 0 Å². The first kappa shape index (κ1) is 12.8. The van der Waals surface area contributed by atoms with Crippen molar-refractivity contribution in [2.75, 3.05) is 5.32 Å². The molecule has 0 spiro atoms. The normalized spacial score (nSPS) is 10.4. The highest BCUT2D eigenvalue weighted by atomic mass is 32.1. The number of thiol groups is 1. The molecule has 0 bridgehead atoms. The zero-order valence-electron chi connectivity index (χ0n) is 10.7. The van der Waals surface area contributed by atoms with Crippen molar-refractivity contribution in [3.05, 3.63) is 72.3 Å². The quantitative estimate of drug-likeness (QED) is 0.670. The van der Waals surface area contributed by atoms with Gasteiger partial charge in [0.15, 0.2) is 0 Å². The van der Waals surface area contributed by atoms with Gasteiger partial charge < -0.3 is 5.32 Å². The van der Waals surface area contributed by atoms with Gasteiger partial charge in [0.25, 0.3) is 5.91 Å². The van der Waals surface area contributed by atoms with E-state index in [4.69, 9.17) is 0 Å². The van der Waals surface area contributed by atoms with E-state index in [0.29, 0.717) is 5.56 Å². The van der Waals surface area contributed by atoms with Crippen LogP contribution in [0.1, 0.15) is 10.4 Å². The Morgan fingerprint density at radius 2 is 1.55 bits per heavy atom. The predicted octanol–water partition coefficient (Wildman–Crippen LogP) is 4.38. The average Bonchev–Trinajstić information content (AvgIpc) is 2.48. The molecule has 0 heterocycles. The molecule has 0 aliphatic carbocycles. The fourth-order valence-electron chi connectivity index (χ4n) is 2.08. The maximum atomic E-state index is 12.1. The first-order valence-electron chi connectivity index (χ1n) is 6.31. The fraction of sp³-hybridized carbons (Fsp3) is 0. The van der Waals surface area contributed by atoms with Crippen LogP contribution in [-0.4, -0.2) is 5.91 Å². The second kappa shape index (κ2) is 5.39. The van der Waals surface area contributed by atoms with Crippen LogP contribution < -0.4 is 5.32 Å². The topological polar surface area (TPSA) is 29.1 Å². The zero-order valence-corrected chi connectivity index (χ0v) is 11.6. The molecular weight excluding hydrogens is 266 g/mol. The number of carbonyl (C=O) groups excluding carboxylic acids is 1. The van der Waals surface area contributed by atoms with E-state index in [0.717, 1.165) is 21.4 Å². The van der Waals surface area contributed by atoms with Crippen molar-refractivity contribution in [1.82, 2.24) is 0 Å². The van der Waals surface area contributed by atoms with Crippen molar-refractivity contribution in [1.29, 1.82) is 0 Å². The first-order chi connectivity index (χ1) is 9.72. The second-order valence-corrected chi connectivity index (χ2v) is 5.08. The molecule has 3 heteroatoms. The highest BCUT2D eigenvalue weighted by Crippen LogP contribution is 2.19. The van der Waals surface area contributed by atoms with Gasteiger partial charge in [0.2, 0.25) is 0 Å². The molecule has 3 rings (SSSR count). The number of hydrogen-bond acceptors (Lipinski definition) is 2. The molecule has 0 unspecified atom stereocenters. The molecule has 0 aliphatic rings. The Hall–Kier alpha value is -2.26. The summed E-state index contributed by atoms with van der Waals surface area (Å²) in [4.78, 5) is 13.0. The smallest absolute Gasteiger partial charge is 0.255 e. The average molecular weight is 279 g/mol. The third-order valence-corrected chi connectivity index (χ3v) is 3.43. The maximum Gasteiger partial charge on any atom is 0.255 e. The number of hydrogen-bond donors (Lipinski definition) is 2. The van der Waals surface area contributed by atoms with Crippen LogP contribution in [0.15, 0.2) is 71.6 Å². The Morgan fingerprint density at radius 1 is 0.850 bits per heavy atom. The van der Waals surface area contributed by atoms with E-state index < -0.39 is 0 Å². The molecule has 2 nitrogen and oxygen atoms in total. The fourth-order valence-corrected chi connectivity index (χ4v) is 2.23. The van der Waals surface area contributed by atoms with E-state index in [2.05, 4.69) is 17.9 Å². The molecule has 0 aromatic heterocycles. The van der Waals surface area contributed by atoms with Crippen LogP contribution in [0.25, 0.3) is 10.8 Å². The lowest BCUT2D eigenvalue weighted by molar-refractivity contribution is 0.102. The minimum absolute atomic E-state index is 0.117. The molecule has 0 atom stereocenters. The van der Waals surface area contributed by atoms with E-state index in [-0.39, 0.29) is 5.91 Å². The number of fused-ring (bicyclic) bond motifs is 1.